The topological polar surface area (TPSA) is 122 Å². The molecular formula is C20H22N6O4S. The minimum Gasteiger partial charge on any atom is -0.394 e. The van der Waals surface area contributed by atoms with E-state index in [2.05, 4.69) is 15.2 Å². The van der Waals surface area contributed by atoms with Crippen LogP contribution in [0.1, 0.15) is 13.0 Å². The van der Waals surface area contributed by atoms with Crippen LogP contribution in [0.4, 0.5) is 16.3 Å². The van der Waals surface area contributed by atoms with Gasteiger partial charge in [-0.25, -0.2) is 18.2 Å². The summed E-state index contributed by atoms with van der Waals surface area (Å²) in [5.41, 5.74) is 1.16. The summed E-state index contributed by atoms with van der Waals surface area (Å²) in [6, 6.07) is 11.1. The highest BCUT2D eigenvalue weighted by Crippen LogP contribution is 2.27. The number of aliphatic hydroxyl groups excluding tert-OH is 1. The van der Waals surface area contributed by atoms with Crippen LogP contribution in [-0.2, 0) is 9.84 Å². The molecule has 1 aliphatic rings. The van der Waals surface area contributed by atoms with Crippen molar-refractivity contribution in [2.75, 3.05) is 35.8 Å². The Kier molecular flexibility index (Phi) is 5.46. The summed E-state index contributed by atoms with van der Waals surface area (Å²) in [6.45, 7) is 2.65. The van der Waals surface area contributed by atoms with Crippen LogP contribution in [0.25, 0.3) is 11.5 Å². The van der Waals surface area contributed by atoms with Crippen molar-refractivity contribution in [3.05, 3.63) is 48.8 Å². The fourth-order valence-corrected chi connectivity index (χ4v) is 4.03. The van der Waals surface area contributed by atoms with Crippen molar-refractivity contribution in [2.24, 2.45) is 0 Å². The van der Waals surface area contributed by atoms with Crippen molar-refractivity contribution in [2.45, 2.75) is 17.9 Å². The molecule has 1 fully saturated rings. The number of anilines is 2. The number of aromatic nitrogens is 4. The van der Waals surface area contributed by atoms with Crippen molar-refractivity contribution in [1.29, 1.82) is 0 Å². The third-order valence-corrected chi connectivity index (χ3v) is 6.27. The lowest BCUT2D eigenvalue weighted by atomic mass is 10.3. The van der Waals surface area contributed by atoms with Gasteiger partial charge in [0.05, 0.1) is 17.5 Å². The van der Waals surface area contributed by atoms with Gasteiger partial charge < -0.3 is 9.67 Å². The number of rotatable bonds is 6. The molecule has 31 heavy (non-hydrogen) atoms. The number of amides is 2. The summed E-state index contributed by atoms with van der Waals surface area (Å²) in [5, 5.41) is 17.5. The Morgan fingerprint density at radius 1 is 1.10 bits per heavy atom. The van der Waals surface area contributed by atoms with Crippen molar-refractivity contribution in [3.8, 4) is 11.5 Å². The molecule has 1 N–H and O–H groups in total. The van der Waals surface area contributed by atoms with Crippen LogP contribution >= 0.6 is 0 Å². The molecule has 1 aromatic carbocycles. The Morgan fingerprint density at radius 3 is 2.48 bits per heavy atom. The highest BCUT2D eigenvalue weighted by molar-refractivity contribution is 7.90. The minimum atomic E-state index is -3.30. The summed E-state index contributed by atoms with van der Waals surface area (Å²) >= 11 is 0. The normalized spacial score (nSPS) is 15.5. The summed E-state index contributed by atoms with van der Waals surface area (Å²) in [6.07, 6.45) is 2.68. The quantitative estimate of drug-likeness (QED) is 0.617. The number of hydrogen-bond acceptors (Lipinski definition) is 7. The third kappa shape index (κ3) is 4.01. The van der Waals surface area contributed by atoms with E-state index >= 15 is 0 Å². The van der Waals surface area contributed by atoms with Gasteiger partial charge in [0.25, 0.3) is 0 Å². The van der Waals surface area contributed by atoms with Crippen LogP contribution in [0.5, 0.6) is 0 Å². The fourth-order valence-electron chi connectivity index (χ4n) is 3.40. The summed E-state index contributed by atoms with van der Waals surface area (Å²) in [5.74, 6) is 0.979. The molecule has 1 saturated heterocycles. The van der Waals surface area contributed by atoms with Crippen molar-refractivity contribution in [3.63, 3.8) is 0 Å². The number of carbonyl (C=O) groups excluding carboxylic acids is 1. The first-order chi connectivity index (χ1) is 14.8. The van der Waals surface area contributed by atoms with Gasteiger partial charge in [-0.2, -0.15) is 0 Å². The molecule has 1 atom stereocenters. The van der Waals surface area contributed by atoms with Crippen molar-refractivity contribution in [1.82, 2.24) is 19.7 Å². The van der Waals surface area contributed by atoms with E-state index < -0.39 is 9.84 Å². The molecule has 3 aromatic rings. The minimum absolute atomic E-state index is 0.0670. The fraction of sp³-hybridized carbons (Fsp3) is 0.300. The summed E-state index contributed by atoms with van der Waals surface area (Å²) in [7, 11) is -3.30. The van der Waals surface area contributed by atoms with E-state index in [1.54, 1.807) is 44.7 Å². The molecule has 1 aliphatic heterocycles. The molecule has 2 amide bonds. The van der Waals surface area contributed by atoms with E-state index in [0.717, 1.165) is 6.26 Å². The number of sulfone groups is 1. The van der Waals surface area contributed by atoms with Gasteiger partial charge >= 0.3 is 6.03 Å². The Bertz CT molecular complexity index is 1210. The SMILES string of the molecule is CC(CO)n1cnnc1-c1cccc(N2CCN(c3ccc(S(C)(=O)=O)cc3)C2=O)n1. The van der Waals surface area contributed by atoms with E-state index in [9.17, 15) is 18.3 Å². The first-order valence-corrected chi connectivity index (χ1v) is 11.6. The highest BCUT2D eigenvalue weighted by Gasteiger charge is 2.32. The molecule has 0 aliphatic carbocycles. The maximum atomic E-state index is 13.0. The van der Waals surface area contributed by atoms with Gasteiger partial charge in [-0.15, -0.1) is 10.2 Å². The van der Waals surface area contributed by atoms with Crippen LogP contribution < -0.4 is 9.80 Å². The van der Waals surface area contributed by atoms with Crippen LogP contribution in [0.2, 0.25) is 0 Å². The van der Waals surface area contributed by atoms with Gasteiger partial charge in [0, 0.05) is 25.0 Å². The maximum absolute atomic E-state index is 13.0. The van der Waals surface area contributed by atoms with Crippen LogP contribution in [0.15, 0.2) is 53.7 Å². The molecule has 3 heterocycles. The van der Waals surface area contributed by atoms with Gasteiger partial charge in [0.1, 0.15) is 17.8 Å². The lowest BCUT2D eigenvalue weighted by molar-refractivity contribution is 0.239. The van der Waals surface area contributed by atoms with E-state index in [1.165, 1.54) is 18.5 Å². The Labute approximate surface area is 179 Å². The summed E-state index contributed by atoms with van der Waals surface area (Å²) in [4.78, 5) is 21.0. The smallest absolute Gasteiger partial charge is 0.330 e. The second-order valence-corrected chi connectivity index (χ2v) is 9.34. The zero-order chi connectivity index (χ0) is 22.2. The third-order valence-electron chi connectivity index (χ3n) is 5.14. The van der Waals surface area contributed by atoms with E-state index in [4.69, 9.17) is 0 Å². The molecule has 0 saturated carbocycles. The Balaban J connectivity index is 1.59. The van der Waals surface area contributed by atoms with E-state index in [0.29, 0.717) is 36.1 Å². The first kappa shape index (κ1) is 20.9. The number of urea groups is 1. The van der Waals surface area contributed by atoms with Gasteiger partial charge in [-0.3, -0.25) is 9.80 Å². The van der Waals surface area contributed by atoms with Crippen LogP contribution in [0.3, 0.4) is 0 Å². The molecule has 4 rings (SSSR count). The number of hydrogen-bond donors (Lipinski definition) is 1. The first-order valence-electron chi connectivity index (χ1n) is 9.66. The second-order valence-electron chi connectivity index (χ2n) is 7.33. The maximum Gasteiger partial charge on any atom is 0.330 e. The number of benzene rings is 1. The lowest BCUT2D eigenvalue weighted by Gasteiger charge is -2.19. The number of carbonyl (C=O) groups is 1. The average Bonchev–Trinajstić information content (AvgIpc) is 3.40. The number of pyridine rings is 1. The predicted molar refractivity (Wildman–Crippen MR) is 115 cm³/mol. The number of aliphatic hydroxyl groups is 1. The van der Waals surface area contributed by atoms with Gasteiger partial charge in [-0.1, -0.05) is 6.07 Å². The van der Waals surface area contributed by atoms with Gasteiger partial charge in [-0.05, 0) is 43.3 Å². The zero-order valence-electron chi connectivity index (χ0n) is 17.1. The standard InChI is InChI=1S/C20H22N6O4S/c1-14(12-27)26-13-21-23-19(26)17-4-3-5-18(22-17)25-11-10-24(20(25)28)15-6-8-16(9-7-15)31(2,29)30/h3-9,13-14,27H,10-12H2,1-2H3. The largest absolute Gasteiger partial charge is 0.394 e. The molecule has 1 unspecified atom stereocenters. The van der Waals surface area contributed by atoms with Crippen LogP contribution in [-0.4, -0.2) is 65.3 Å². The van der Waals surface area contributed by atoms with Crippen molar-refractivity contribution >= 4 is 27.4 Å². The number of nitrogens with zero attached hydrogens (tertiary/aromatic N) is 6. The van der Waals surface area contributed by atoms with Gasteiger partial charge in [0.15, 0.2) is 15.7 Å². The molecule has 0 spiro atoms. The molecule has 10 nitrogen and oxygen atoms in total. The Hall–Kier alpha value is -3.31. The van der Waals surface area contributed by atoms with E-state index in [-0.39, 0.29) is 23.6 Å². The molecule has 0 radical (unpaired) electrons. The van der Waals surface area contributed by atoms with Crippen LogP contribution in [0, 0.1) is 0 Å². The van der Waals surface area contributed by atoms with Crippen molar-refractivity contribution < 1.29 is 18.3 Å². The molecule has 11 heteroatoms. The Morgan fingerprint density at radius 2 is 1.81 bits per heavy atom. The molecule has 0 bridgehead atoms. The average molecular weight is 443 g/mol. The van der Waals surface area contributed by atoms with E-state index in [1.807, 2.05) is 6.92 Å². The summed E-state index contributed by atoms with van der Waals surface area (Å²) < 4.78 is 25.0. The monoisotopic (exact) mass is 442 g/mol. The van der Waals surface area contributed by atoms with Gasteiger partial charge in [0.2, 0.25) is 0 Å². The molecule has 162 valence electrons. The highest BCUT2D eigenvalue weighted by atomic mass is 32.2. The zero-order valence-corrected chi connectivity index (χ0v) is 17.9. The molecular weight excluding hydrogens is 420 g/mol. The lowest BCUT2D eigenvalue weighted by Crippen LogP contribution is -2.32. The molecule has 2 aromatic heterocycles. The predicted octanol–water partition coefficient (Wildman–Crippen LogP) is 1.74. The second kappa shape index (κ2) is 8.08.